The lowest BCUT2D eigenvalue weighted by atomic mass is 9.93. The molecule has 0 spiro atoms. The molecule has 0 N–H and O–H groups in total. The second kappa shape index (κ2) is 17.8. The van der Waals surface area contributed by atoms with Crippen molar-refractivity contribution in [3.8, 4) is 56.0 Å². The van der Waals surface area contributed by atoms with Gasteiger partial charge in [0, 0.05) is 59.9 Å². The number of rotatable bonds is 6. The zero-order chi connectivity index (χ0) is 46.8. The third-order valence-electron chi connectivity index (χ3n) is 12.8. The quantitative estimate of drug-likeness (QED) is 0.167. The predicted octanol–water partition coefficient (Wildman–Crippen LogP) is 18.2. The van der Waals surface area contributed by atoms with E-state index < -0.39 is 0 Å². The highest BCUT2D eigenvalue weighted by atomic mass is 32.1. The van der Waals surface area contributed by atoms with Gasteiger partial charge in [0.15, 0.2) is 0 Å². The van der Waals surface area contributed by atoms with Gasteiger partial charge in [-0.1, -0.05) is 59.7 Å². The van der Waals surface area contributed by atoms with Gasteiger partial charge in [-0.3, -0.25) is 0 Å². The molecule has 7 heterocycles. The van der Waals surface area contributed by atoms with Crippen LogP contribution in [0.2, 0.25) is 0 Å². The number of ether oxygens (including phenoxy) is 2. The highest BCUT2D eigenvalue weighted by Crippen LogP contribution is 2.45. The molecule has 0 radical (unpaired) electrons. The molecule has 5 aromatic heterocycles. The molecule has 12 bridgehead atoms. The minimum absolute atomic E-state index is 0.821. The van der Waals surface area contributed by atoms with Gasteiger partial charge in [0.2, 0.25) is 0 Å². The highest BCUT2D eigenvalue weighted by molar-refractivity contribution is 7.33. The van der Waals surface area contributed by atoms with E-state index in [2.05, 4.69) is 163 Å². The van der Waals surface area contributed by atoms with E-state index in [1.807, 2.05) is 69.6 Å². The first-order chi connectivity index (χ1) is 33.0. The van der Waals surface area contributed by atoms with Crippen LogP contribution in [0.3, 0.4) is 0 Å². The van der Waals surface area contributed by atoms with Crippen LogP contribution < -0.4 is 9.47 Å². The van der Waals surface area contributed by atoms with Crippen molar-refractivity contribution in [3.05, 3.63) is 177 Å². The van der Waals surface area contributed by atoms with E-state index in [-0.39, 0.29) is 0 Å². The summed E-state index contributed by atoms with van der Waals surface area (Å²) in [6.45, 7) is 13.3. The van der Waals surface area contributed by atoms with Crippen molar-refractivity contribution in [2.24, 2.45) is 0 Å². The molecule has 2 aliphatic rings. The Morgan fingerprint density at radius 3 is 0.897 bits per heavy atom. The molecule has 2 aliphatic heterocycles. The second-order valence-electron chi connectivity index (χ2n) is 17.6. The second-order valence-corrected chi connectivity index (χ2v) is 21.9. The first kappa shape index (κ1) is 43.9. The topological polar surface area (TPSA) is 44.2 Å². The third-order valence-corrected chi connectivity index (χ3v) is 17.6. The largest absolute Gasteiger partial charge is 0.497 e. The number of aryl methyl sites for hydroxylation is 6. The van der Waals surface area contributed by atoms with Gasteiger partial charge in [-0.05, 0) is 183 Å². The summed E-state index contributed by atoms with van der Waals surface area (Å²) >= 11 is 7.28. The van der Waals surface area contributed by atoms with Crippen molar-refractivity contribution in [2.75, 3.05) is 14.2 Å². The lowest BCUT2D eigenvalue weighted by Gasteiger charge is -2.13. The predicted molar refractivity (Wildman–Crippen MR) is 298 cm³/mol. The summed E-state index contributed by atoms with van der Waals surface area (Å²) in [5.74, 6) is 1.64. The van der Waals surface area contributed by atoms with E-state index in [1.165, 1.54) is 63.3 Å². The molecule has 8 heteroatoms. The Hall–Kier alpha value is -6.68. The van der Waals surface area contributed by atoms with Gasteiger partial charge < -0.3 is 9.47 Å². The zero-order valence-electron chi connectivity index (χ0n) is 39.2. The number of benzene rings is 4. The standard InChI is InChI=1S/C60H48N2O2S4/c1-33-29-35(3)55(36(4)30-33)59-45-19-17-43(61-45)57(39-9-13-41(63-7)14-10-39)51-25-23-49(66-51)47-21-22-48(65-47)50-24-26-52(67-50)58(40-11-15-42(64-8)16-12-40)44-18-20-46(62-44)60(54-28-27-53(59)68-54)56-37(5)31-34(2)32-38(56)6/h9-32H,1-8H3. The number of nitrogens with zero attached hydrogens (tertiary/aromatic N) is 2. The van der Waals surface area contributed by atoms with Crippen molar-refractivity contribution >= 4 is 107 Å². The number of methoxy groups -OCH3 is 2. The smallest absolute Gasteiger partial charge is 0.118 e. The van der Waals surface area contributed by atoms with Crippen molar-refractivity contribution < 1.29 is 9.47 Å². The molecular formula is C60H48N2O2S4. The van der Waals surface area contributed by atoms with E-state index in [9.17, 15) is 0 Å². The number of fused-ring (bicyclic) bond motifs is 14. The first-order valence-corrected chi connectivity index (χ1v) is 25.9. The molecule has 0 aliphatic carbocycles. The van der Waals surface area contributed by atoms with Gasteiger partial charge in [-0.2, -0.15) is 0 Å². The fourth-order valence-electron chi connectivity index (χ4n) is 9.95. The van der Waals surface area contributed by atoms with Crippen molar-refractivity contribution in [1.82, 2.24) is 9.97 Å². The van der Waals surface area contributed by atoms with Gasteiger partial charge in [0.1, 0.15) is 11.5 Å². The Bertz CT molecular complexity index is 3530. The molecule has 334 valence electrons. The Morgan fingerprint density at radius 2 is 0.574 bits per heavy atom. The van der Waals surface area contributed by atoms with Crippen LogP contribution in [0, 0.1) is 41.5 Å². The summed E-state index contributed by atoms with van der Waals surface area (Å²) < 4.78 is 20.8. The number of aromatic nitrogens is 2. The maximum atomic E-state index is 5.63. The Labute approximate surface area is 413 Å². The van der Waals surface area contributed by atoms with Crippen LogP contribution in [0.25, 0.3) is 106 Å². The van der Waals surface area contributed by atoms with Gasteiger partial charge in [-0.15, -0.1) is 45.3 Å². The summed E-state index contributed by atoms with van der Waals surface area (Å²) in [6.07, 6.45) is 8.85. The molecule has 4 aromatic carbocycles. The number of hydrogen-bond donors (Lipinski definition) is 0. The molecule has 0 saturated heterocycles. The molecule has 68 heavy (non-hydrogen) atoms. The van der Waals surface area contributed by atoms with Gasteiger partial charge in [-0.25, -0.2) is 9.97 Å². The average molecular weight is 957 g/mol. The Kier molecular flexibility index (Phi) is 11.5. The van der Waals surface area contributed by atoms with E-state index in [0.29, 0.717) is 0 Å². The SMILES string of the molecule is COc1ccc(-c2c3nc(c(-c4c(C)cc(C)cc4C)c4ccc(s4)c(-c4c(C)cc(C)cc4C)c4nc(c(-c5ccc(OC)cc5)c5ccc(s5)c5ccc(s5)c5ccc2s5)C=C4)C=C3)cc1. The van der Waals surface area contributed by atoms with E-state index >= 15 is 0 Å². The maximum Gasteiger partial charge on any atom is 0.118 e. The fourth-order valence-corrected chi connectivity index (χ4v) is 14.4. The van der Waals surface area contributed by atoms with Gasteiger partial charge in [0.05, 0.1) is 37.0 Å². The van der Waals surface area contributed by atoms with Crippen molar-refractivity contribution in [2.45, 2.75) is 41.5 Å². The number of thiophene rings is 4. The molecule has 4 nitrogen and oxygen atoms in total. The van der Waals surface area contributed by atoms with Crippen LogP contribution in [0.5, 0.6) is 11.5 Å². The summed E-state index contributed by atoms with van der Waals surface area (Å²) in [4.78, 5) is 11.3. The summed E-state index contributed by atoms with van der Waals surface area (Å²) in [6, 6.07) is 44.2. The third kappa shape index (κ3) is 7.95. The zero-order valence-corrected chi connectivity index (χ0v) is 42.5. The summed E-state index contributed by atoms with van der Waals surface area (Å²) in [7, 11) is 3.43. The van der Waals surface area contributed by atoms with Crippen LogP contribution in [0.4, 0.5) is 0 Å². The van der Waals surface area contributed by atoms with Crippen molar-refractivity contribution in [3.63, 3.8) is 0 Å². The molecule has 0 amide bonds. The highest BCUT2D eigenvalue weighted by Gasteiger charge is 2.22. The fraction of sp³-hybridized carbons (Fsp3) is 0.133. The summed E-state index contributed by atoms with van der Waals surface area (Å²) in [5.41, 5.74) is 20.2. The van der Waals surface area contributed by atoms with Crippen LogP contribution in [0.1, 0.15) is 56.2 Å². The first-order valence-electron chi connectivity index (χ1n) is 22.7. The van der Waals surface area contributed by atoms with Crippen LogP contribution in [0.15, 0.2) is 121 Å². The monoisotopic (exact) mass is 956 g/mol. The minimum atomic E-state index is 0.821. The maximum absolute atomic E-state index is 5.63. The molecule has 0 fully saturated rings. The van der Waals surface area contributed by atoms with E-state index in [0.717, 1.165) is 86.5 Å². The van der Waals surface area contributed by atoms with Gasteiger partial charge >= 0.3 is 0 Å². The Morgan fingerprint density at radius 1 is 0.309 bits per heavy atom. The number of hydrogen-bond acceptors (Lipinski definition) is 8. The molecule has 9 aromatic rings. The minimum Gasteiger partial charge on any atom is -0.497 e. The summed E-state index contributed by atoms with van der Waals surface area (Å²) in [5, 5.41) is 0. The van der Waals surface area contributed by atoms with E-state index in [4.69, 9.17) is 19.4 Å². The van der Waals surface area contributed by atoms with E-state index in [1.54, 1.807) is 14.2 Å². The molecule has 11 rings (SSSR count). The van der Waals surface area contributed by atoms with Crippen LogP contribution >= 0.6 is 45.3 Å². The lowest BCUT2D eigenvalue weighted by molar-refractivity contribution is 0.415. The normalized spacial score (nSPS) is 12.0. The van der Waals surface area contributed by atoms with Crippen LogP contribution in [-0.4, -0.2) is 24.2 Å². The average Bonchev–Trinajstić information content (AvgIpc) is 4.19. The van der Waals surface area contributed by atoms with Crippen molar-refractivity contribution in [1.29, 1.82) is 0 Å². The van der Waals surface area contributed by atoms with Crippen LogP contribution in [-0.2, 0) is 0 Å². The molecule has 0 unspecified atom stereocenters. The molecule has 0 atom stereocenters. The molecule has 0 saturated carbocycles. The molecular weight excluding hydrogens is 909 g/mol. The lowest BCUT2D eigenvalue weighted by Crippen LogP contribution is -1.93. The Balaban J connectivity index is 1.32. The van der Waals surface area contributed by atoms with Gasteiger partial charge in [0.25, 0.3) is 0 Å².